The van der Waals surface area contributed by atoms with Crippen LogP contribution in [0.15, 0.2) is 12.2 Å². The number of rotatable bonds is 62. The average Bonchev–Trinajstić information content (AvgIpc) is 3.38. The monoisotopic (exact) mass is 1020 g/mol. The summed E-state index contributed by atoms with van der Waals surface area (Å²) in [4.78, 5) is 24.5. The van der Waals surface area contributed by atoms with E-state index in [1.165, 1.54) is 308 Å². The van der Waals surface area contributed by atoms with Crippen LogP contribution in [0.1, 0.15) is 373 Å². The van der Waals surface area contributed by atoms with E-state index in [-0.39, 0.29) is 18.5 Å². The van der Waals surface area contributed by atoms with Gasteiger partial charge in [-0.3, -0.25) is 9.59 Å². The second-order valence-electron chi connectivity index (χ2n) is 22.8. The van der Waals surface area contributed by atoms with Gasteiger partial charge in [0.15, 0.2) is 0 Å². The van der Waals surface area contributed by atoms with E-state index < -0.39 is 12.1 Å². The lowest BCUT2D eigenvalue weighted by molar-refractivity contribution is -0.143. The number of hydrogen-bond acceptors (Lipinski definition) is 5. The smallest absolute Gasteiger partial charge is 0.305 e. The Morgan fingerprint density at radius 2 is 0.639 bits per heavy atom. The minimum Gasteiger partial charge on any atom is -0.466 e. The number of nitrogens with one attached hydrogen (secondary N) is 1. The fraction of sp³-hybridized carbons (Fsp3) is 0.939. The van der Waals surface area contributed by atoms with Crippen molar-refractivity contribution in [2.45, 2.75) is 386 Å². The van der Waals surface area contributed by atoms with E-state index in [4.69, 9.17) is 4.74 Å². The van der Waals surface area contributed by atoms with Crippen LogP contribution in [-0.4, -0.2) is 47.4 Å². The van der Waals surface area contributed by atoms with Crippen molar-refractivity contribution in [3.8, 4) is 0 Å². The maximum atomic E-state index is 12.5. The van der Waals surface area contributed by atoms with Gasteiger partial charge in [0.05, 0.1) is 25.4 Å². The summed E-state index contributed by atoms with van der Waals surface area (Å²) in [6.45, 7) is 4.93. The molecule has 0 aliphatic heterocycles. The molecular weight excluding hydrogens is 887 g/mol. The summed E-state index contributed by atoms with van der Waals surface area (Å²) in [7, 11) is 0. The van der Waals surface area contributed by atoms with E-state index >= 15 is 0 Å². The first-order valence-electron chi connectivity index (χ1n) is 33.0. The molecule has 6 nitrogen and oxygen atoms in total. The first-order chi connectivity index (χ1) is 35.5. The minimum absolute atomic E-state index is 0.0213. The fourth-order valence-corrected chi connectivity index (χ4v) is 10.5. The summed E-state index contributed by atoms with van der Waals surface area (Å²) in [6.07, 6.45) is 75.6. The van der Waals surface area contributed by atoms with Crippen LogP contribution < -0.4 is 5.32 Å². The van der Waals surface area contributed by atoms with Crippen molar-refractivity contribution < 1.29 is 24.5 Å². The third-order valence-corrected chi connectivity index (χ3v) is 15.6. The van der Waals surface area contributed by atoms with Gasteiger partial charge in [-0.25, -0.2) is 0 Å². The van der Waals surface area contributed by atoms with Crippen LogP contribution >= 0.6 is 0 Å². The van der Waals surface area contributed by atoms with Gasteiger partial charge < -0.3 is 20.3 Å². The highest BCUT2D eigenvalue weighted by Crippen LogP contribution is 2.19. The number of ether oxygens (including phenoxy) is 1. The van der Waals surface area contributed by atoms with Gasteiger partial charge in [-0.15, -0.1) is 0 Å². The molecule has 428 valence electrons. The molecule has 0 aromatic rings. The molecule has 3 N–H and O–H groups in total. The van der Waals surface area contributed by atoms with Crippen LogP contribution in [-0.2, 0) is 14.3 Å². The Morgan fingerprint density at radius 3 is 0.944 bits per heavy atom. The van der Waals surface area contributed by atoms with Crippen LogP contribution in [0, 0.1) is 0 Å². The molecule has 0 saturated carbocycles. The lowest BCUT2D eigenvalue weighted by atomic mass is 10.0. The molecular formula is C66H129NO5. The molecule has 0 aliphatic rings. The third-order valence-electron chi connectivity index (χ3n) is 15.6. The predicted octanol–water partition coefficient (Wildman–Crippen LogP) is 20.8. The molecule has 0 rings (SSSR count). The number of carbonyl (C=O) groups is 2. The molecule has 0 spiro atoms. The molecule has 0 unspecified atom stereocenters. The molecule has 0 radical (unpaired) electrons. The van der Waals surface area contributed by atoms with Crippen molar-refractivity contribution in [2.24, 2.45) is 0 Å². The largest absolute Gasteiger partial charge is 0.466 e. The third kappa shape index (κ3) is 57.9. The van der Waals surface area contributed by atoms with E-state index in [1.807, 2.05) is 6.08 Å². The number of carbonyl (C=O) groups excluding carboxylic acids is 2. The second-order valence-corrected chi connectivity index (χ2v) is 22.8. The lowest BCUT2D eigenvalue weighted by Gasteiger charge is -2.20. The summed E-state index contributed by atoms with van der Waals surface area (Å²) < 4.78 is 5.50. The molecule has 6 heteroatoms. The van der Waals surface area contributed by atoms with E-state index in [9.17, 15) is 19.8 Å². The molecule has 1 amide bonds. The molecule has 0 aromatic heterocycles. The Morgan fingerprint density at radius 1 is 0.375 bits per heavy atom. The lowest BCUT2D eigenvalue weighted by Crippen LogP contribution is -2.45. The van der Waals surface area contributed by atoms with Gasteiger partial charge in [-0.1, -0.05) is 341 Å². The average molecular weight is 1020 g/mol. The summed E-state index contributed by atoms with van der Waals surface area (Å²) in [5, 5.41) is 23.1. The minimum atomic E-state index is -0.841. The van der Waals surface area contributed by atoms with Crippen LogP contribution in [0.5, 0.6) is 0 Å². The number of esters is 1. The Hall–Kier alpha value is -1.40. The van der Waals surface area contributed by atoms with Gasteiger partial charge in [-0.2, -0.15) is 0 Å². The molecule has 2 atom stereocenters. The highest BCUT2D eigenvalue weighted by molar-refractivity contribution is 5.76. The Balaban J connectivity index is 3.33. The number of unbranched alkanes of at least 4 members (excludes halogenated alkanes) is 51. The SMILES string of the molecule is CCCCCCCCCCCCC/C=C/[C@@H](O)[C@H](CO)NC(=O)CCCCCCCCCCCCCCCCCCCCCCCCCCCCCOC(=O)CCCCCCCCCCCCCCCCC. The number of allylic oxidation sites excluding steroid dienone is 1. The van der Waals surface area contributed by atoms with Crippen LogP contribution in [0.3, 0.4) is 0 Å². The molecule has 0 saturated heterocycles. The zero-order valence-electron chi connectivity index (χ0n) is 48.9. The Labute approximate surface area is 450 Å². The highest BCUT2D eigenvalue weighted by atomic mass is 16.5. The summed E-state index contributed by atoms with van der Waals surface area (Å²) in [5.41, 5.74) is 0. The highest BCUT2D eigenvalue weighted by Gasteiger charge is 2.18. The van der Waals surface area contributed by atoms with Crippen LogP contribution in [0.25, 0.3) is 0 Å². The van der Waals surface area contributed by atoms with Crippen molar-refractivity contribution in [1.29, 1.82) is 0 Å². The number of hydrogen-bond donors (Lipinski definition) is 3. The van der Waals surface area contributed by atoms with E-state index in [0.717, 1.165) is 38.5 Å². The maximum Gasteiger partial charge on any atom is 0.305 e. The molecule has 0 aromatic carbocycles. The normalized spacial score (nSPS) is 12.6. The zero-order chi connectivity index (χ0) is 52.2. The van der Waals surface area contributed by atoms with Crippen molar-refractivity contribution >= 4 is 11.9 Å². The Kier molecular flexibility index (Phi) is 60.9. The number of amides is 1. The van der Waals surface area contributed by atoms with Crippen LogP contribution in [0.4, 0.5) is 0 Å². The number of aliphatic hydroxyl groups excluding tert-OH is 2. The standard InChI is InChI=1S/C66H129NO5/c1-3-5-7-9-11-13-15-17-31-36-40-44-48-52-56-60-66(71)72-61-57-53-49-45-41-37-33-30-28-26-24-22-20-18-19-21-23-25-27-29-32-35-39-43-47-51-55-59-65(70)67-63(62-68)64(69)58-54-50-46-42-38-34-16-14-12-10-8-6-4-2/h54,58,63-64,68-69H,3-53,55-57,59-62H2,1-2H3,(H,67,70)/b58-54+/t63-,64+/m0/s1. The topological polar surface area (TPSA) is 95.9 Å². The summed E-state index contributed by atoms with van der Waals surface area (Å²) >= 11 is 0. The predicted molar refractivity (Wildman–Crippen MR) is 315 cm³/mol. The van der Waals surface area contributed by atoms with Gasteiger partial charge in [-0.05, 0) is 32.1 Å². The molecule has 0 bridgehead atoms. The zero-order valence-corrected chi connectivity index (χ0v) is 48.9. The maximum absolute atomic E-state index is 12.5. The fourth-order valence-electron chi connectivity index (χ4n) is 10.5. The first-order valence-corrected chi connectivity index (χ1v) is 33.0. The second kappa shape index (κ2) is 62.1. The van der Waals surface area contributed by atoms with Gasteiger partial charge >= 0.3 is 5.97 Å². The van der Waals surface area contributed by atoms with Gasteiger partial charge in [0.2, 0.25) is 5.91 Å². The van der Waals surface area contributed by atoms with Gasteiger partial charge in [0, 0.05) is 12.8 Å². The summed E-state index contributed by atoms with van der Waals surface area (Å²) in [6, 6.07) is -0.624. The number of aliphatic hydroxyl groups is 2. The summed E-state index contributed by atoms with van der Waals surface area (Å²) in [5.74, 6) is -0.0423. The van der Waals surface area contributed by atoms with E-state index in [1.54, 1.807) is 6.08 Å². The molecule has 72 heavy (non-hydrogen) atoms. The van der Waals surface area contributed by atoms with Crippen LogP contribution in [0.2, 0.25) is 0 Å². The van der Waals surface area contributed by atoms with Crippen molar-refractivity contribution in [3.63, 3.8) is 0 Å². The van der Waals surface area contributed by atoms with E-state index in [0.29, 0.717) is 19.4 Å². The molecule has 0 heterocycles. The quantitative estimate of drug-likeness (QED) is 0.0320. The van der Waals surface area contributed by atoms with Gasteiger partial charge in [0.25, 0.3) is 0 Å². The molecule has 0 aliphatic carbocycles. The van der Waals surface area contributed by atoms with Crippen molar-refractivity contribution in [2.75, 3.05) is 13.2 Å². The van der Waals surface area contributed by atoms with Crippen molar-refractivity contribution in [1.82, 2.24) is 5.32 Å². The van der Waals surface area contributed by atoms with Crippen molar-refractivity contribution in [3.05, 3.63) is 12.2 Å². The van der Waals surface area contributed by atoms with E-state index in [2.05, 4.69) is 19.2 Å². The molecule has 0 fully saturated rings. The first kappa shape index (κ1) is 70.6. The Bertz CT molecular complexity index is 1080. The van der Waals surface area contributed by atoms with Gasteiger partial charge in [0.1, 0.15) is 0 Å².